The van der Waals surface area contributed by atoms with Crippen LogP contribution >= 0.6 is 23.2 Å². The molecule has 6 nitrogen and oxygen atoms in total. The summed E-state index contributed by atoms with van der Waals surface area (Å²) in [5.74, 6) is -0.633. The molecule has 0 fully saturated rings. The number of nitro groups is 1. The number of hydrogen-bond acceptors (Lipinski definition) is 5. The molecular weight excluding hydrogens is 273 g/mol. The van der Waals surface area contributed by atoms with Crippen LogP contribution < -0.4 is 4.74 Å². The standard InChI is InChI=1S/C9H7Cl2NO5/c1-16-9(13)4-17-8-3-7(12(14)15)5(10)2-6(8)11/h2-3H,4H2,1H3. The summed E-state index contributed by atoms with van der Waals surface area (Å²) in [7, 11) is 1.19. The highest BCUT2D eigenvalue weighted by Gasteiger charge is 2.17. The third kappa shape index (κ3) is 3.47. The lowest BCUT2D eigenvalue weighted by Crippen LogP contribution is -2.12. The lowest BCUT2D eigenvalue weighted by molar-refractivity contribution is -0.384. The molecule has 0 saturated carbocycles. The van der Waals surface area contributed by atoms with Gasteiger partial charge in [-0.3, -0.25) is 10.1 Å². The minimum Gasteiger partial charge on any atom is -0.480 e. The minimum atomic E-state index is -0.677. The van der Waals surface area contributed by atoms with Crippen LogP contribution in [-0.2, 0) is 9.53 Å². The van der Waals surface area contributed by atoms with E-state index in [2.05, 4.69) is 4.74 Å². The van der Waals surface area contributed by atoms with Gasteiger partial charge in [0.2, 0.25) is 0 Å². The molecule has 0 aliphatic carbocycles. The van der Waals surface area contributed by atoms with Crippen molar-refractivity contribution in [2.45, 2.75) is 0 Å². The molecule has 0 aliphatic rings. The molecule has 92 valence electrons. The predicted molar refractivity (Wildman–Crippen MR) is 60.6 cm³/mol. The number of esters is 1. The Balaban J connectivity index is 2.96. The second-order valence-corrected chi connectivity index (χ2v) is 3.67. The van der Waals surface area contributed by atoms with Gasteiger partial charge in [0, 0.05) is 0 Å². The number of halogens is 2. The van der Waals surface area contributed by atoms with E-state index in [4.69, 9.17) is 27.9 Å². The first-order valence-electron chi connectivity index (χ1n) is 4.28. The highest BCUT2D eigenvalue weighted by molar-refractivity contribution is 6.36. The summed E-state index contributed by atoms with van der Waals surface area (Å²) in [6.45, 7) is -0.394. The topological polar surface area (TPSA) is 78.7 Å². The molecule has 1 rings (SSSR count). The van der Waals surface area contributed by atoms with Crippen LogP contribution in [0.15, 0.2) is 12.1 Å². The SMILES string of the molecule is COC(=O)COc1cc([N+](=O)[O-])c(Cl)cc1Cl. The Morgan fingerprint density at radius 2 is 2.06 bits per heavy atom. The third-order valence-electron chi connectivity index (χ3n) is 1.77. The fourth-order valence-electron chi connectivity index (χ4n) is 0.965. The second kappa shape index (κ2) is 5.70. The molecule has 0 heterocycles. The van der Waals surface area contributed by atoms with E-state index in [1.165, 1.54) is 13.2 Å². The summed E-state index contributed by atoms with van der Waals surface area (Å²) in [5, 5.41) is 10.6. The zero-order valence-electron chi connectivity index (χ0n) is 8.61. The number of nitrogens with zero attached hydrogens (tertiary/aromatic N) is 1. The second-order valence-electron chi connectivity index (χ2n) is 2.86. The summed E-state index contributed by atoms with van der Waals surface area (Å²) in [6, 6.07) is 2.22. The van der Waals surface area contributed by atoms with Gasteiger partial charge >= 0.3 is 5.97 Å². The lowest BCUT2D eigenvalue weighted by Gasteiger charge is -2.07. The van der Waals surface area contributed by atoms with Gasteiger partial charge < -0.3 is 9.47 Å². The molecule has 0 unspecified atom stereocenters. The maximum absolute atomic E-state index is 10.8. The Morgan fingerprint density at radius 1 is 1.41 bits per heavy atom. The minimum absolute atomic E-state index is 0.00633. The molecule has 8 heteroatoms. The van der Waals surface area contributed by atoms with E-state index in [1.54, 1.807) is 0 Å². The number of methoxy groups -OCH3 is 1. The summed E-state index contributed by atoms with van der Waals surface area (Å²) < 4.78 is 9.31. The van der Waals surface area contributed by atoms with E-state index in [0.717, 1.165) is 6.07 Å². The van der Waals surface area contributed by atoms with E-state index >= 15 is 0 Å². The Bertz CT molecular complexity index is 463. The van der Waals surface area contributed by atoms with Gasteiger partial charge in [-0.05, 0) is 6.07 Å². The maximum atomic E-state index is 10.8. The normalized spacial score (nSPS) is 9.82. The molecule has 0 N–H and O–H groups in total. The maximum Gasteiger partial charge on any atom is 0.343 e. The first kappa shape index (κ1) is 13.5. The molecule has 0 saturated heterocycles. The molecule has 17 heavy (non-hydrogen) atoms. The molecule has 0 aromatic heterocycles. The molecule has 0 spiro atoms. The summed E-state index contributed by atoms with van der Waals surface area (Å²) >= 11 is 11.4. The van der Waals surface area contributed by atoms with Gasteiger partial charge in [0.25, 0.3) is 5.69 Å². The monoisotopic (exact) mass is 279 g/mol. The lowest BCUT2D eigenvalue weighted by atomic mass is 10.3. The zero-order valence-corrected chi connectivity index (χ0v) is 10.1. The fraction of sp³-hybridized carbons (Fsp3) is 0.222. The zero-order chi connectivity index (χ0) is 13.0. The molecule has 0 bridgehead atoms. The van der Waals surface area contributed by atoms with Crippen molar-refractivity contribution in [3.8, 4) is 5.75 Å². The van der Waals surface area contributed by atoms with Crippen LogP contribution in [0.2, 0.25) is 10.0 Å². The van der Waals surface area contributed by atoms with Gasteiger partial charge in [-0.25, -0.2) is 4.79 Å². The quantitative estimate of drug-likeness (QED) is 0.481. The van der Waals surface area contributed by atoms with E-state index in [0.29, 0.717) is 0 Å². The van der Waals surface area contributed by atoms with Gasteiger partial charge in [-0.1, -0.05) is 23.2 Å². The van der Waals surface area contributed by atoms with Crippen molar-refractivity contribution in [3.05, 3.63) is 32.3 Å². The summed E-state index contributed by atoms with van der Waals surface area (Å²) in [4.78, 5) is 20.8. The van der Waals surface area contributed by atoms with Gasteiger partial charge in [-0.2, -0.15) is 0 Å². The van der Waals surface area contributed by atoms with Gasteiger partial charge in [0.15, 0.2) is 6.61 Å². The van der Waals surface area contributed by atoms with Crippen LogP contribution in [0.1, 0.15) is 0 Å². The fourth-order valence-corrected chi connectivity index (χ4v) is 1.47. The number of hydrogen-bond donors (Lipinski definition) is 0. The third-order valence-corrected chi connectivity index (χ3v) is 2.37. The van der Waals surface area contributed by atoms with Gasteiger partial charge in [0.05, 0.1) is 23.1 Å². The molecular formula is C9H7Cl2NO5. The number of ether oxygens (including phenoxy) is 2. The number of carbonyl (C=O) groups excluding carboxylic acids is 1. The van der Waals surface area contributed by atoms with Crippen LogP contribution in [0, 0.1) is 10.1 Å². The van der Waals surface area contributed by atoms with Crippen molar-refractivity contribution in [1.82, 2.24) is 0 Å². The van der Waals surface area contributed by atoms with Gasteiger partial charge in [-0.15, -0.1) is 0 Å². The Hall–Kier alpha value is -1.53. The Kier molecular flexibility index (Phi) is 4.53. The van der Waals surface area contributed by atoms with Crippen molar-refractivity contribution < 1.29 is 19.2 Å². The van der Waals surface area contributed by atoms with E-state index in [1.807, 2.05) is 0 Å². The summed E-state index contributed by atoms with van der Waals surface area (Å²) in [5.41, 5.74) is -0.351. The van der Waals surface area contributed by atoms with Crippen LogP contribution in [0.4, 0.5) is 5.69 Å². The van der Waals surface area contributed by atoms with Crippen LogP contribution in [-0.4, -0.2) is 24.6 Å². The Labute approximate surface area is 106 Å². The molecule has 0 radical (unpaired) electrons. The molecule has 1 aromatic rings. The van der Waals surface area contributed by atoms with Crippen molar-refractivity contribution in [1.29, 1.82) is 0 Å². The number of rotatable bonds is 4. The molecule has 0 aliphatic heterocycles. The molecule has 0 amide bonds. The van der Waals surface area contributed by atoms with E-state index in [-0.39, 0.29) is 21.5 Å². The molecule has 0 atom stereocenters. The largest absolute Gasteiger partial charge is 0.480 e. The Morgan fingerprint density at radius 3 is 2.59 bits per heavy atom. The number of benzene rings is 1. The van der Waals surface area contributed by atoms with Crippen LogP contribution in [0.5, 0.6) is 5.75 Å². The summed E-state index contributed by atoms with van der Waals surface area (Å²) in [6.07, 6.45) is 0. The molecule has 1 aromatic carbocycles. The van der Waals surface area contributed by atoms with Crippen molar-refractivity contribution in [2.75, 3.05) is 13.7 Å². The highest BCUT2D eigenvalue weighted by atomic mass is 35.5. The van der Waals surface area contributed by atoms with E-state index in [9.17, 15) is 14.9 Å². The first-order valence-corrected chi connectivity index (χ1v) is 5.04. The van der Waals surface area contributed by atoms with Crippen molar-refractivity contribution in [2.24, 2.45) is 0 Å². The predicted octanol–water partition coefficient (Wildman–Crippen LogP) is 2.45. The smallest absolute Gasteiger partial charge is 0.343 e. The highest BCUT2D eigenvalue weighted by Crippen LogP contribution is 2.35. The average Bonchev–Trinajstić information content (AvgIpc) is 2.26. The average molecular weight is 280 g/mol. The van der Waals surface area contributed by atoms with E-state index < -0.39 is 17.5 Å². The first-order chi connectivity index (χ1) is 7.95. The van der Waals surface area contributed by atoms with Crippen molar-refractivity contribution in [3.63, 3.8) is 0 Å². The number of nitro benzene ring substituents is 1. The van der Waals surface area contributed by atoms with Crippen LogP contribution in [0.3, 0.4) is 0 Å². The van der Waals surface area contributed by atoms with Crippen LogP contribution in [0.25, 0.3) is 0 Å². The number of carbonyl (C=O) groups is 1. The van der Waals surface area contributed by atoms with Gasteiger partial charge in [0.1, 0.15) is 10.8 Å². The van der Waals surface area contributed by atoms with Crippen molar-refractivity contribution >= 4 is 34.9 Å².